The fraction of sp³-hybridized carbons (Fsp3) is 0.600. The van der Waals surface area contributed by atoms with Gasteiger partial charge in [-0.2, -0.15) is 0 Å². The summed E-state index contributed by atoms with van der Waals surface area (Å²) in [6.45, 7) is 9.73. The van der Waals surface area contributed by atoms with Crippen molar-refractivity contribution < 1.29 is 28.9 Å². The van der Waals surface area contributed by atoms with E-state index in [1.54, 1.807) is 0 Å². The van der Waals surface area contributed by atoms with Gasteiger partial charge in [0.1, 0.15) is 0 Å². The minimum absolute atomic E-state index is 0.126. The van der Waals surface area contributed by atoms with E-state index in [-0.39, 0.29) is 37.4 Å². The standard InChI is InChI=1S/C50H78N3O6P/c1-8-9-10-11-12-13-14-15-16-17-18-19-29-36-48(54)52-39-47(60(55,56,57)40-46(38-51)53(41(2)3)42(4)5)37-49(58-6,59-7)50(43-30-23-20-24-31-43,44-32-25-21-26-33-44)45-34-27-22-28-35-45/h20-28,30-35,41-42,46-47,55-57H,8-19,29,36-37,39-40H2,1-7H3,(H,52,54). The predicted molar refractivity (Wildman–Crippen MR) is 248 cm³/mol. The summed E-state index contributed by atoms with van der Waals surface area (Å²) >= 11 is 0. The molecule has 0 saturated carbocycles. The molecule has 0 aliphatic heterocycles. The van der Waals surface area contributed by atoms with Crippen LogP contribution in [0.3, 0.4) is 0 Å². The third-order valence-electron chi connectivity index (χ3n) is 12.4. The summed E-state index contributed by atoms with van der Waals surface area (Å²) in [6.07, 6.45) is 15.0. The second kappa shape index (κ2) is 25.1. The van der Waals surface area contributed by atoms with Crippen molar-refractivity contribution in [3.63, 3.8) is 0 Å². The van der Waals surface area contributed by atoms with Crippen molar-refractivity contribution in [1.82, 2.24) is 10.2 Å². The normalized spacial score (nSPS) is 14.2. The number of ether oxygens (including phenoxy) is 2. The Morgan fingerprint density at radius 3 is 1.42 bits per heavy atom. The molecule has 2 atom stereocenters. The van der Waals surface area contributed by atoms with Gasteiger partial charge in [0, 0.05) is 0 Å². The van der Waals surface area contributed by atoms with Crippen LogP contribution >= 0.6 is 7.28 Å². The second-order valence-electron chi connectivity index (χ2n) is 17.3. The predicted octanol–water partition coefficient (Wildman–Crippen LogP) is 10.7. The van der Waals surface area contributed by atoms with E-state index in [9.17, 15) is 24.7 Å². The fourth-order valence-electron chi connectivity index (χ4n) is 9.31. The van der Waals surface area contributed by atoms with E-state index in [4.69, 9.17) is 9.47 Å². The first kappa shape index (κ1) is 51.2. The number of hydrogen-bond donors (Lipinski definition) is 4. The van der Waals surface area contributed by atoms with Crippen LogP contribution in [0.1, 0.15) is 148 Å². The first-order valence-corrected chi connectivity index (χ1v) is 25.0. The number of carbonyl (C=O) groups is 1. The molecule has 0 aliphatic rings. The van der Waals surface area contributed by atoms with E-state index >= 15 is 0 Å². The monoisotopic (exact) mass is 848 g/mol. The van der Waals surface area contributed by atoms with Crippen LogP contribution in [0.5, 0.6) is 0 Å². The molecule has 1 amide bonds. The molecule has 0 bridgehead atoms. The van der Waals surface area contributed by atoms with E-state index < -0.39 is 36.3 Å². The van der Waals surface area contributed by atoms with Gasteiger partial charge in [0.2, 0.25) is 0 Å². The van der Waals surface area contributed by atoms with Gasteiger partial charge in [-0.25, -0.2) is 0 Å². The summed E-state index contributed by atoms with van der Waals surface area (Å²) in [5, 5.41) is 13.5. The van der Waals surface area contributed by atoms with Crippen LogP contribution in [0.2, 0.25) is 0 Å². The molecule has 0 aliphatic carbocycles. The number of methoxy groups -OCH3 is 2. The summed E-state index contributed by atoms with van der Waals surface area (Å²) in [5.74, 6) is -1.93. The summed E-state index contributed by atoms with van der Waals surface area (Å²) < 4.78 is 13.2. The summed E-state index contributed by atoms with van der Waals surface area (Å²) in [6, 6.07) is 30.3. The maximum absolute atomic E-state index is 13.5. The molecule has 0 saturated heterocycles. The number of carbonyl (C=O) groups excluding carboxylic acids is 1. The van der Waals surface area contributed by atoms with Gasteiger partial charge in [0.15, 0.2) is 0 Å². The van der Waals surface area contributed by atoms with Crippen molar-refractivity contribution in [3.8, 4) is 6.07 Å². The molecule has 3 aromatic rings. The van der Waals surface area contributed by atoms with Gasteiger partial charge in [-0.1, -0.05) is 45.4 Å². The van der Waals surface area contributed by atoms with Crippen molar-refractivity contribution in [1.29, 1.82) is 5.26 Å². The van der Waals surface area contributed by atoms with Crippen molar-refractivity contribution in [2.75, 3.05) is 26.9 Å². The Labute approximate surface area is 363 Å². The van der Waals surface area contributed by atoms with Crippen LogP contribution in [-0.2, 0) is 19.7 Å². The number of nitriles is 1. The zero-order valence-corrected chi connectivity index (χ0v) is 38.8. The molecule has 0 heterocycles. The Balaban J connectivity index is 1.97. The molecular formula is C50H78N3O6P. The number of rotatable bonds is 30. The van der Waals surface area contributed by atoms with Crippen LogP contribution in [0.25, 0.3) is 0 Å². The average molecular weight is 848 g/mol. The van der Waals surface area contributed by atoms with Crippen molar-refractivity contribution in [3.05, 3.63) is 108 Å². The van der Waals surface area contributed by atoms with E-state index in [1.165, 1.54) is 72.0 Å². The van der Waals surface area contributed by atoms with E-state index in [1.807, 2.05) is 124 Å². The molecule has 334 valence electrons. The van der Waals surface area contributed by atoms with E-state index in [0.717, 1.165) is 36.0 Å². The number of nitrogens with one attached hydrogen (secondary N) is 1. The summed E-state index contributed by atoms with van der Waals surface area (Å²) in [7, 11) is -2.84. The Bertz CT molecular complexity index is 1570. The van der Waals surface area contributed by atoms with E-state index in [2.05, 4.69) is 18.3 Å². The molecular weight excluding hydrogens is 770 g/mol. The quantitative estimate of drug-likeness (QED) is 0.0225. The first-order valence-electron chi connectivity index (χ1n) is 22.7. The zero-order chi connectivity index (χ0) is 44.1. The molecule has 60 heavy (non-hydrogen) atoms. The van der Waals surface area contributed by atoms with Crippen molar-refractivity contribution >= 4 is 13.2 Å². The van der Waals surface area contributed by atoms with Crippen molar-refractivity contribution in [2.45, 2.75) is 166 Å². The van der Waals surface area contributed by atoms with Gasteiger partial charge >= 0.3 is 319 Å². The topological polar surface area (TPSA) is 135 Å². The first-order chi connectivity index (χ1) is 28.7. The minimum atomic E-state index is -5.89. The van der Waals surface area contributed by atoms with Gasteiger partial charge in [-0.05, 0) is 0 Å². The molecule has 9 nitrogen and oxygen atoms in total. The van der Waals surface area contributed by atoms with E-state index in [0.29, 0.717) is 6.42 Å². The molecule has 0 fully saturated rings. The molecule has 2 unspecified atom stereocenters. The molecule has 0 spiro atoms. The average Bonchev–Trinajstić information content (AvgIpc) is 3.23. The second-order valence-corrected chi connectivity index (χ2v) is 20.9. The van der Waals surface area contributed by atoms with Crippen LogP contribution < -0.4 is 5.32 Å². The molecule has 3 rings (SSSR count). The third-order valence-corrected chi connectivity index (χ3v) is 15.3. The van der Waals surface area contributed by atoms with Crippen LogP contribution in [0.15, 0.2) is 91.0 Å². The Morgan fingerprint density at radius 2 is 1.07 bits per heavy atom. The number of unbranched alkanes of at least 4 members (excludes halogenated alkanes) is 12. The van der Waals surface area contributed by atoms with Gasteiger partial charge in [-0.15, -0.1) is 0 Å². The Hall–Kier alpha value is -3.19. The van der Waals surface area contributed by atoms with Gasteiger partial charge in [0.25, 0.3) is 0 Å². The Morgan fingerprint density at radius 1 is 0.683 bits per heavy atom. The summed E-state index contributed by atoms with van der Waals surface area (Å²) in [5.41, 5.74) is -0.185. The Kier molecular flexibility index (Phi) is 21.4. The maximum atomic E-state index is 13.5. The van der Waals surface area contributed by atoms with Crippen LogP contribution in [0.4, 0.5) is 0 Å². The van der Waals surface area contributed by atoms with Gasteiger partial charge in [-0.3, -0.25) is 0 Å². The fourth-order valence-corrected chi connectivity index (χ4v) is 11.6. The summed E-state index contributed by atoms with van der Waals surface area (Å²) in [4.78, 5) is 52.9. The molecule has 10 heteroatoms. The van der Waals surface area contributed by atoms with Crippen molar-refractivity contribution in [2.24, 2.45) is 0 Å². The van der Waals surface area contributed by atoms with Crippen LogP contribution in [0, 0.1) is 11.3 Å². The number of benzene rings is 3. The number of nitrogens with zero attached hydrogens (tertiary/aromatic N) is 2. The number of hydrogen-bond acceptors (Lipinski definition) is 8. The van der Waals surface area contributed by atoms with Gasteiger partial charge < -0.3 is 0 Å². The SMILES string of the molecule is CCCCCCCCCCCCCCCC(=O)NCC(CC(OC)(OC)C(c1ccccc1)(c1ccccc1)c1ccccc1)P(O)(O)(O)CC(C#N)N(C(C)C)C(C)C. The number of amides is 1. The van der Waals surface area contributed by atoms with Crippen LogP contribution in [-0.4, -0.2) is 82.0 Å². The molecule has 4 N–H and O–H groups in total. The van der Waals surface area contributed by atoms with Gasteiger partial charge in [0.05, 0.1) is 0 Å². The molecule has 3 aromatic carbocycles. The molecule has 0 radical (unpaired) electrons. The third kappa shape index (κ3) is 13.9. The zero-order valence-electron chi connectivity index (χ0n) is 37.9. The molecule has 0 aromatic heterocycles.